The molecule has 5 heteroatoms. The topological polar surface area (TPSA) is 35.5 Å². The molecule has 0 aromatic heterocycles. The zero-order chi connectivity index (χ0) is 8.04. The summed E-state index contributed by atoms with van der Waals surface area (Å²) in [6.07, 6.45) is -0.993. The van der Waals surface area contributed by atoms with Crippen LogP contribution < -0.4 is 0 Å². The van der Waals surface area contributed by atoms with Crippen molar-refractivity contribution in [1.29, 1.82) is 0 Å². The molecule has 60 valence electrons. The van der Waals surface area contributed by atoms with Crippen molar-refractivity contribution in [3.05, 3.63) is 12.7 Å². The van der Waals surface area contributed by atoms with Gasteiger partial charge in [-0.25, -0.2) is 0 Å². The summed E-state index contributed by atoms with van der Waals surface area (Å²) in [6.45, 7) is 3.52. The molecule has 0 bridgehead atoms. The van der Waals surface area contributed by atoms with Gasteiger partial charge in [-0.1, -0.05) is 0 Å². The Balaban J connectivity index is 3.81. The molecule has 0 heterocycles. The van der Waals surface area contributed by atoms with Gasteiger partial charge in [0, 0.05) is 0 Å². The van der Waals surface area contributed by atoms with E-state index < -0.39 is 6.29 Å². The molecule has 0 aromatic rings. The van der Waals surface area contributed by atoms with Crippen LogP contribution in [0.25, 0.3) is 0 Å². The van der Waals surface area contributed by atoms with E-state index in [9.17, 15) is 4.57 Å². The van der Waals surface area contributed by atoms with Gasteiger partial charge in [-0.05, 0) is 0 Å². The van der Waals surface area contributed by atoms with Gasteiger partial charge in [0.15, 0.2) is 0 Å². The molecule has 0 aliphatic rings. The van der Waals surface area contributed by atoms with E-state index in [0.29, 0.717) is 5.32 Å². The van der Waals surface area contributed by atoms with Crippen LogP contribution in [0.4, 0.5) is 0 Å². The van der Waals surface area contributed by atoms with Crippen molar-refractivity contribution in [2.75, 3.05) is 14.2 Å². The molecule has 0 amide bonds. The first-order valence-corrected chi connectivity index (χ1v) is 7.62. The van der Waals surface area contributed by atoms with Gasteiger partial charge in [0.2, 0.25) is 0 Å². The molecule has 0 saturated heterocycles. The third-order valence-electron chi connectivity index (χ3n) is 0.798. The average Bonchev–Trinajstić information content (AvgIpc) is 2.00. The summed E-state index contributed by atoms with van der Waals surface area (Å²) in [5.74, 6) is 0. The van der Waals surface area contributed by atoms with Crippen molar-refractivity contribution in [2.24, 2.45) is 0 Å². The van der Waals surface area contributed by atoms with Crippen molar-refractivity contribution in [3.63, 3.8) is 0 Å². The van der Waals surface area contributed by atoms with Gasteiger partial charge in [-0.2, -0.15) is 0 Å². The van der Waals surface area contributed by atoms with E-state index >= 15 is 0 Å². The second kappa shape index (κ2) is 5.11. The minimum absolute atomic E-state index is 0.127. The molecule has 0 aliphatic carbocycles. The van der Waals surface area contributed by atoms with E-state index in [2.05, 4.69) is 6.58 Å². The summed E-state index contributed by atoms with van der Waals surface area (Å²) in [5.41, 5.74) is 0. The van der Waals surface area contributed by atoms with E-state index in [1.165, 1.54) is 14.2 Å². The zero-order valence-electron chi connectivity index (χ0n) is 6.07. The molecular formula is C5H11O3PSe. The molecular weight excluding hydrogens is 218 g/mol. The molecule has 0 saturated carbocycles. The summed E-state index contributed by atoms with van der Waals surface area (Å²) in [5, 5.41) is 0.714. The van der Waals surface area contributed by atoms with Gasteiger partial charge in [0.05, 0.1) is 0 Å². The van der Waals surface area contributed by atoms with Crippen LogP contribution in [0, 0.1) is 0 Å². The fourth-order valence-corrected chi connectivity index (χ4v) is 4.11. The first-order valence-electron chi connectivity index (χ1n) is 2.65. The normalized spacial score (nSPS) is 11.4. The minimum atomic E-state index is -2.71. The Kier molecular flexibility index (Phi) is 5.32. The van der Waals surface area contributed by atoms with Gasteiger partial charge in [-0.3, -0.25) is 0 Å². The SMILES string of the molecule is C=CC[Se]P(=O)(OC)OC. The van der Waals surface area contributed by atoms with E-state index in [4.69, 9.17) is 9.05 Å². The van der Waals surface area contributed by atoms with E-state index in [0.717, 1.165) is 0 Å². The Morgan fingerprint density at radius 3 is 2.40 bits per heavy atom. The van der Waals surface area contributed by atoms with Crippen LogP contribution >= 0.6 is 6.29 Å². The predicted molar refractivity (Wildman–Crippen MR) is 42.4 cm³/mol. The van der Waals surface area contributed by atoms with Crippen molar-refractivity contribution in [1.82, 2.24) is 0 Å². The molecule has 0 unspecified atom stereocenters. The number of rotatable bonds is 5. The molecule has 0 rings (SSSR count). The van der Waals surface area contributed by atoms with Crippen LogP contribution in [0.15, 0.2) is 12.7 Å². The van der Waals surface area contributed by atoms with E-state index in [1.807, 2.05) is 0 Å². The molecule has 0 radical (unpaired) electrons. The van der Waals surface area contributed by atoms with Gasteiger partial charge in [0.1, 0.15) is 0 Å². The summed E-state index contributed by atoms with van der Waals surface area (Å²) in [7, 11) is 2.80. The maximum atomic E-state index is 11.2. The van der Waals surface area contributed by atoms with Crippen LogP contribution in [0.3, 0.4) is 0 Å². The predicted octanol–water partition coefficient (Wildman–Crippen LogP) is 1.70. The van der Waals surface area contributed by atoms with Crippen molar-refractivity contribution >= 4 is 20.8 Å². The third-order valence-corrected chi connectivity index (χ3v) is 7.46. The zero-order valence-corrected chi connectivity index (χ0v) is 8.68. The van der Waals surface area contributed by atoms with Crippen LogP contribution in [0.5, 0.6) is 0 Å². The molecule has 0 aliphatic heterocycles. The van der Waals surface area contributed by atoms with Crippen LogP contribution in [-0.4, -0.2) is 28.7 Å². The Bertz CT molecular complexity index is 140. The van der Waals surface area contributed by atoms with Gasteiger partial charge < -0.3 is 0 Å². The Hall–Kier alpha value is 0.409. The van der Waals surface area contributed by atoms with Crippen molar-refractivity contribution in [3.8, 4) is 0 Å². The molecule has 10 heavy (non-hydrogen) atoms. The fourth-order valence-electron chi connectivity index (χ4n) is 0.324. The Morgan fingerprint density at radius 2 is 2.10 bits per heavy atom. The third kappa shape index (κ3) is 3.55. The van der Waals surface area contributed by atoms with Crippen LogP contribution in [0.1, 0.15) is 0 Å². The van der Waals surface area contributed by atoms with E-state index in [-0.39, 0.29) is 14.5 Å². The van der Waals surface area contributed by atoms with Gasteiger partial charge >= 0.3 is 66.6 Å². The van der Waals surface area contributed by atoms with Crippen molar-refractivity contribution < 1.29 is 13.6 Å². The first-order chi connectivity index (χ1) is 4.68. The molecule has 0 spiro atoms. The number of allylic oxidation sites excluding steroid dienone is 1. The first kappa shape index (κ1) is 10.4. The molecule has 0 fully saturated rings. The Morgan fingerprint density at radius 1 is 1.60 bits per heavy atom. The van der Waals surface area contributed by atoms with Crippen LogP contribution in [0.2, 0.25) is 5.32 Å². The van der Waals surface area contributed by atoms with E-state index in [1.54, 1.807) is 6.08 Å². The molecule has 0 aromatic carbocycles. The summed E-state index contributed by atoms with van der Waals surface area (Å²) in [6, 6.07) is 0. The van der Waals surface area contributed by atoms with Gasteiger partial charge in [0.25, 0.3) is 0 Å². The quantitative estimate of drug-likeness (QED) is 0.409. The molecule has 0 N–H and O–H groups in total. The standard InChI is InChI=1S/C5H11O3PSe/c1-4-5-10-9(6,7-2)8-3/h4H,1,5H2,2-3H3. The second-order valence-electron chi connectivity index (χ2n) is 1.40. The summed E-state index contributed by atoms with van der Waals surface area (Å²) >= 11 is -0.127. The average molecular weight is 229 g/mol. The van der Waals surface area contributed by atoms with Crippen molar-refractivity contribution in [2.45, 2.75) is 5.32 Å². The monoisotopic (exact) mass is 230 g/mol. The number of hydrogen-bond donors (Lipinski definition) is 0. The fraction of sp³-hybridized carbons (Fsp3) is 0.600. The second-order valence-corrected chi connectivity index (χ2v) is 8.42. The number of hydrogen-bond acceptors (Lipinski definition) is 3. The van der Waals surface area contributed by atoms with Gasteiger partial charge in [-0.15, -0.1) is 0 Å². The molecule has 3 nitrogen and oxygen atoms in total. The maximum absolute atomic E-state index is 11.2. The molecule has 0 atom stereocenters. The Labute approximate surface area is 67.1 Å². The summed E-state index contributed by atoms with van der Waals surface area (Å²) in [4.78, 5) is 0. The summed E-state index contributed by atoms with van der Waals surface area (Å²) < 4.78 is 20.6. The van der Waals surface area contributed by atoms with Crippen LogP contribution in [-0.2, 0) is 13.6 Å².